The van der Waals surface area contributed by atoms with Gasteiger partial charge in [-0.1, -0.05) is 26.8 Å². The van der Waals surface area contributed by atoms with E-state index in [1.54, 1.807) is 0 Å². The van der Waals surface area contributed by atoms with Crippen LogP contribution in [-0.4, -0.2) is 26.7 Å². The van der Waals surface area contributed by atoms with Gasteiger partial charge >= 0.3 is 0 Å². The Balaban J connectivity index is 2.72. The molecule has 0 aromatic heterocycles. The number of aryl methyl sites for hydroxylation is 2. The monoisotopic (exact) mass is 276 g/mol. The molecule has 0 radical (unpaired) electrons. The maximum Gasteiger partial charge on any atom is 0.0369 e. The summed E-state index contributed by atoms with van der Waals surface area (Å²) in [5, 5.41) is 3.58. The number of hydrogen-bond donors (Lipinski definition) is 1. The maximum absolute atomic E-state index is 3.58. The van der Waals surface area contributed by atoms with E-state index in [1.807, 2.05) is 0 Å². The lowest BCUT2D eigenvalue weighted by atomic mass is 9.86. The summed E-state index contributed by atoms with van der Waals surface area (Å²) in [7, 11) is 2.21. The Kier molecular flexibility index (Phi) is 6.54. The van der Waals surface area contributed by atoms with Gasteiger partial charge in [-0.15, -0.1) is 0 Å². The van der Waals surface area contributed by atoms with Crippen molar-refractivity contribution in [2.24, 2.45) is 5.41 Å². The van der Waals surface area contributed by atoms with Crippen molar-refractivity contribution in [3.63, 3.8) is 0 Å². The average molecular weight is 276 g/mol. The van der Waals surface area contributed by atoms with Crippen LogP contribution in [-0.2, 0) is 0 Å². The fraction of sp³-hybridized carbons (Fsp3) is 0.667. The molecular weight excluding hydrogens is 244 g/mol. The van der Waals surface area contributed by atoms with Crippen LogP contribution in [0, 0.1) is 19.3 Å². The van der Waals surface area contributed by atoms with Gasteiger partial charge in [-0.05, 0) is 61.9 Å². The van der Waals surface area contributed by atoms with Gasteiger partial charge in [-0.3, -0.25) is 0 Å². The third kappa shape index (κ3) is 5.16. The van der Waals surface area contributed by atoms with Gasteiger partial charge in [-0.25, -0.2) is 0 Å². The van der Waals surface area contributed by atoms with Gasteiger partial charge in [0.05, 0.1) is 0 Å². The Morgan fingerprint density at radius 3 is 2.20 bits per heavy atom. The Bertz CT molecular complexity index is 394. The molecule has 0 aliphatic carbocycles. The lowest BCUT2D eigenvalue weighted by molar-refractivity contribution is 0.299. The molecule has 0 saturated carbocycles. The first-order valence-corrected chi connectivity index (χ1v) is 7.90. The van der Waals surface area contributed by atoms with Crippen LogP contribution in [0.4, 0.5) is 5.69 Å². The van der Waals surface area contributed by atoms with Crippen molar-refractivity contribution in [2.45, 2.75) is 47.5 Å². The Morgan fingerprint density at radius 2 is 1.70 bits per heavy atom. The summed E-state index contributed by atoms with van der Waals surface area (Å²) in [6, 6.07) is 6.80. The fourth-order valence-corrected chi connectivity index (χ4v) is 2.69. The molecule has 0 spiro atoms. The summed E-state index contributed by atoms with van der Waals surface area (Å²) < 4.78 is 0. The molecule has 0 bridgehead atoms. The first kappa shape index (κ1) is 17.0. The molecule has 0 aliphatic heterocycles. The molecule has 1 rings (SSSR count). The normalized spacial score (nSPS) is 14.1. The molecular formula is C18H32N2. The summed E-state index contributed by atoms with van der Waals surface area (Å²) in [6.07, 6.45) is 2.39. The van der Waals surface area contributed by atoms with Crippen molar-refractivity contribution in [1.29, 1.82) is 0 Å². The van der Waals surface area contributed by atoms with Crippen molar-refractivity contribution >= 4 is 5.69 Å². The topological polar surface area (TPSA) is 15.3 Å². The molecule has 0 saturated heterocycles. The second kappa shape index (κ2) is 7.68. The SMILES string of the molecule is CCCNCC(C)(CC)CN(C)c1cc(C)cc(C)c1. The van der Waals surface area contributed by atoms with Crippen molar-refractivity contribution in [2.75, 3.05) is 31.6 Å². The van der Waals surface area contributed by atoms with E-state index in [0.717, 1.165) is 19.6 Å². The lowest BCUT2D eigenvalue weighted by Gasteiger charge is -2.34. The van der Waals surface area contributed by atoms with E-state index < -0.39 is 0 Å². The van der Waals surface area contributed by atoms with Gasteiger partial charge in [0.15, 0.2) is 0 Å². The molecule has 0 aliphatic rings. The Labute approximate surface area is 125 Å². The number of nitrogens with one attached hydrogen (secondary N) is 1. The number of anilines is 1. The number of benzene rings is 1. The third-order valence-electron chi connectivity index (χ3n) is 4.10. The predicted octanol–water partition coefficient (Wildman–Crippen LogP) is 4.16. The van der Waals surface area contributed by atoms with Crippen LogP contribution in [0.3, 0.4) is 0 Å². The average Bonchev–Trinajstić information content (AvgIpc) is 2.38. The molecule has 2 heteroatoms. The number of rotatable bonds is 8. The van der Waals surface area contributed by atoms with Crippen LogP contribution >= 0.6 is 0 Å². The summed E-state index contributed by atoms with van der Waals surface area (Å²) in [5.41, 5.74) is 4.34. The van der Waals surface area contributed by atoms with Gasteiger partial charge in [0.25, 0.3) is 0 Å². The first-order chi connectivity index (χ1) is 9.40. The first-order valence-electron chi connectivity index (χ1n) is 7.90. The van der Waals surface area contributed by atoms with E-state index in [4.69, 9.17) is 0 Å². The molecule has 1 unspecified atom stereocenters. The minimum Gasteiger partial charge on any atom is -0.374 e. The zero-order chi connectivity index (χ0) is 15.2. The van der Waals surface area contributed by atoms with Crippen LogP contribution in [0.15, 0.2) is 18.2 Å². The van der Waals surface area contributed by atoms with Crippen LogP contribution in [0.5, 0.6) is 0 Å². The molecule has 114 valence electrons. The molecule has 0 amide bonds. The molecule has 1 N–H and O–H groups in total. The van der Waals surface area contributed by atoms with Crippen molar-refractivity contribution in [3.05, 3.63) is 29.3 Å². The smallest absolute Gasteiger partial charge is 0.0369 e. The van der Waals surface area contributed by atoms with Crippen LogP contribution in [0.1, 0.15) is 44.7 Å². The largest absolute Gasteiger partial charge is 0.374 e. The highest BCUT2D eigenvalue weighted by Gasteiger charge is 2.23. The molecule has 1 aromatic rings. The van der Waals surface area contributed by atoms with Gasteiger partial charge < -0.3 is 10.2 Å². The molecule has 2 nitrogen and oxygen atoms in total. The fourth-order valence-electron chi connectivity index (χ4n) is 2.69. The van der Waals surface area contributed by atoms with E-state index in [9.17, 15) is 0 Å². The number of nitrogens with zero attached hydrogens (tertiary/aromatic N) is 1. The van der Waals surface area contributed by atoms with E-state index in [0.29, 0.717) is 5.41 Å². The molecule has 1 atom stereocenters. The summed E-state index contributed by atoms with van der Waals surface area (Å²) in [6.45, 7) is 14.5. The third-order valence-corrected chi connectivity index (χ3v) is 4.10. The summed E-state index contributed by atoms with van der Waals surface area (Å²) in [4.78, 5) is 2.40. The van der Waals surface area contributed by atoms with E-state index in [2.05, 4.69) is 70.1 Å². The minimum absolute atomic E-state index is 0.321. The Morgan fingerprint density at radius 1 is 1.10 bits per heavy atom. The molecule has 20 heavy (non-hydrogen) atoms. The molecule has 0 fully saturated rings. The predicted molar refractivity (Wildman–Crippen MR) is 90.7 cm³/mol. The summed E-state index contributed by atoms with van der Waals surface area (Å²) in [5.74, 6) is 0. The van der Waals surface area contributed by atoms with Gasteiger partial charge in [0, 0.05) is 25.8 Å². The van der Waals surface area contributed by atoms with Crippen molar-refractivity contribution < 1.29 is 0 Å². The van der Waals surface area contributed by atoms with Crippen LogP contribution in [0.25, 0.3) is 0 Å². The van der Waals surface area contributed by atoms with Gasteiger partial charge in [-0.2, -0.15) is 0 Å². The highest BCUT2D eigenvalue weighted by molar-refractivity contribution is 5.50. The van der Waals surface area contributed by atoms with Crippen LogP contribution < -0.4 is 10.2 Å². The lowest BCUT2D eigenvalue weighted by Crippen LogP contribution is -2.41. The Hall–Kier alpha value is -1.02. The highest BCUT2D eigenvalue weighted by atomic mass is 15.1. The quantitative estimate of drug-likeness (QED) is 0.717. The second-order valence-corrected chi connectivity index (χ2v) is 6.54. The van der Waals surface area contributed by atoms with Crippen molar-refractivity contribution in [1.82, 2.24) is 5.32 Å². The minimum atomic E-state index is 0.321. The highest BCUT2D eigenvalue weighted by Crippen LogP contribution is 2.25. The zero-order valence-corrected chi connectivity index (χ0v) is 14.2. The van der Waals surface area contributed by atoms with E-state index >= 15 is 0 Å². The standard InChI is InChI=1S/C18H32N2/c1-7-9-19-13-18(5,8-2)14-20(6)17-11-15(3)10-16(4)12-17/h10-12,19H,7-9,13-14H2,1-6H3. The van der Waals surface area contributed by atoms with Gasteiger partial charge in [0.1, 0.15) is 0 Å². The van der Waals surface area contributed by atoms with E-state index in [1.165, 1.54) is 29.7 Å². The van der Waals surface area contributed by atoms with E-state index in [-0.39, 0.29) is 0 Å². The van der Waals surface area contributed by atoms with Crippen molar-refractivity contribution in [3.8, 4) is 0 Å². The number of hydrogen-bond acceptors (Lipinski definition) is 2. The summed E-state index contributed by atoms with van der Waals surface area (Å²) >= 11 is 0. The zero-order valence-electron chi connectivity index (χ0n) is 14.2. The molecule has 0 heterocycles. The second-order valence-electron chi connectivity index (χ2n) is 6.54. The van der Waals surface area contributed by atoms with Crippen LogP contribution in [0.2, 0.25) is 0 Å². The molecule has 1 aromatic carbocycles. The maximum atomic E-state index is 3.58. The van der Waals surface area contributed by atoms with Gasteiger partial charge in [0.2, 0.25) is 0 Å².